The van der Waals surface area contributed by atoms with Crippen molar-refractivity contribution in [1.82, 2.24) is 0 Å². The van der Waals surface area contributed by atoms with Crippen molar-refractivity contribution in [2.24, 2.45) is 0 Å². The third-order valence-corrected chi connectivity index (χ3v) is 3.72. The van der Waals surface area contributed by atoms with Crippen LogP contribution in [0.1, 0.15) is 17.2 Å². The SMILES string of the molecule is O=[N+]([O-])c1ccc(F)cc1NC(c1ccccc1)c1ccccc1. The number of halogens is 1. The van der Waals surface area contributed by atoms with Gasteiger partial charge < -0.3 is 5.32 Å². The van der Waals surface area contributed by atoms with Crippen molar-refractivity contribution in [1.29, 1.82) is 0 Å². The highest BCUT2D eigenvalue weighted by atomic mass is 19.1. The molecule has 0 amide bonds. The molecule has 3 rings (SSSR count). The predicted octanol–water partition coefficient (Wildman–Crippen LogP) is 4.94. The fourth-order valence-corrected chi connectivity index (χ4v) is 2.59. The summed E-state index contributed by atoms with van der Waals surface area (Å²) in [6, 6.07) is 22.2. The van der Waals surface area contributed by atoms with Gasteiger partial charge in [-0.3, -0.25) is 10.1 Å². The Balaban J connectivity index is 2.05. The zero-order valence-electron chi connectivity index (χ0n) is 12.7. The van der Waals surface area contributed by atoms with Gasteiger partial charge in [0.1, 0.15) is 11.5 Å². The molecule has 0 heterocycles. The minimum absolute atomic E-state index is 0.151. The van der Waals surface area contributed by atoms with Crippen LogP contribution < -0.4 is 5.32 Å². The lowest BCUT2D eigenvalue weighted by Gasteiger charge is -2.21. The zero-order valence-corrected chi connectivity index (χ0v) is 12.7. The summed E-state index contributed by atoms with van der Waals surface area (Å²) in [5.74, 6) is -0.525. The number of nitrogens with zero attached hydrogens (tertiary/aromatic N) is 1. The molecule has 120 valence electrons. The number of rotatable bonds is 5. The van der Waals surface area contributed by atoms with Gasteiger partial charge in [0.05, 0.1) is 11.0 Å². The predicted molar refractivity (Wildman–Crippen MR) is 91.4 cm³/mol. The van der Waals surface area contributed by atoms with Crippen molar-refractivity contribution < 1.29 is 9.31 Å². The summed E-state index contributed by atoms with van der Waals surface area (Å²) >= 11 is 0. The van der Waals surface area contributed by atoms with Crippen LogP contribution in [0, 0.1) is 15.9 Å². The lowest BCUT2D eigenvalue weighted by atomic mass is 9.98. The maximum atomic E-state index is 13.6. The van der Waals surface area contributed by atoms with E-state index in [0.29, 0.717) is 0 Å². The van der Waals surface area contributed by atoms with E-state index in [0.717, 1.165) is 23.3 Å². The van der Waals surface area contributed by atoms with Crippen LogP contribution in [0.3, 0.4) is 0 Å². The third kappa shape index (κ3) is 3.41. The lowest BCUT2D eigenvalue weighted by molar-refractivity contribution is -0.384. The Morgan fingerprint density at radius 1 is 0.875 bits per heavy atom. The normalized spacial score (nSPS) is 10.6. The highest BCUT2D eigenvalue weighted by Gasteiger charge is 2.20. The van der Waals surface area contributed by atoms with Crippen molar-refractivity contribution in [3.05, 3.63) is 106 Å². The lowest BCUT2D eigenvalue weighted by Crippen LogP contribution is -2.13. The van der Waals surface area contributed by atoms with E-state index in [1.54, 1.807) is 0 Å². The fraction of sp³-hybridized carbons (Fsp3) is 0.0526. The molecule has 0 saturated carbocycles. The Bertz CT molecular complexity index is 799. The van der Waals surface area contributed by atoms with E-state index in [1.807, 2.05) is 60.7 Å². The van der Waals surface area contributed by atoms with Crippen LogP contribution in [-0.2, 0) is 0 Å². The van der Waals surface area contributed by atoms with Gasteiger partial charge in [0, 0.05) is 12.1 Å². The maximum Gasteiger partial charge on any atom is 0.292 e. The quantitative estimate of drug-likeness (QED) is 0.535. The molecule has 3 aromatic rings. The highest BCUT2D eigenvalue weighted by Crippen LogP contribution is 2.32. The number of anilines is 1. The van der Waals surface area contributed by atoms with Gasteiger partial charge in [0.25, 0.3) is 5.69 Å². The molecule has 0 aliphatic rings. The summed E-state index contributed by atoms with van der Waals surface area (Å²) in [6.07, 6.45) is 0. The van der Waals surface area contributed by atoms with Crippen LogP contribution in [-0.4, -0.2) is 4.92 Å². The van der Waals surface area contributed by atoms with E-state index in [2.05, 4.69) is 5.32 Å². The topological polar surface area (TPSA) is 55.2 Å². The first-order valence-electron chi connectivity index (χ1n) is 7.45. The molecule has 0 aliphatic heterocycles. The van der Waals surface area contributed by atoms with Crippen LogP contribution in [0.5, 0.6) is 0 Å². The number of nitro groups is 1. The standard InChI is InChI=1S/C19H15FN2O2/c20-16-11-12-18(22(23)24)17(13-16)21-19(14-7-3-1-4-8-14)15-9-5-2-6-10-15/h1-13,19,21H. The minimum atomic E-state index is -0.525. The summed E-state index contributed by atoms with van der Waals surface area (Å²) in [4.78, 5) is 10.7. The number of nitrogens with one attached hydrogen (secondary N) is 1. The summed E-state index contributed by atoms with van der Waals surface area (Å²) < 4.78 is 13.6. The van der Waals surface area contributed by atoms with Gasteiger partial charge in [0.2, 0.25) is 0 Å². The minimum Gasteiger partial charge on any atom is -0.369 e. The second kappa shape index (κ2) is 6.91. The fourth-order valence-electron chi connectivity index (χ4n) is 2.59. The molecule has 0 bridgehead atoms. The average Bonchev–Trinajstić information content (AvgIpc) is 2.61. The van der Waals surface area contributed by atoms with Gasteiger partial charge in [-0.1, -0.05) is 60.7 Å². The number of nitro benzene ring substituents is 1. The number of hydrogen-bond donors (Lipinski definition) is 1. The molecule has 0 spiro atoms. The van der Waals surface area contributed by atoms with Gasteiger partial charge in [-0.05, 0) is 17.2 Å². The van der Waals surface area contributed by atoms with E-state index >= 15 is 0 Å². The molecule has 3 aromatic carbocycles. The first-order valence-corrected chi connectivity index (χ1v) is 7.45. The second-order valence-corrected chi connectivity index (χ2v) is 5.32. The van der Waals surface area contributed by atoms with Crippen molar-refractivity contribution in [3.8, 4) is 0 Å². The van der Waals surface area contributed by atoms with Crippen LogP contribution in [0.4, 0.5) is 15.8 Å². The van der Waals surface area contributed by atoms with E-state index in [9.17, 15) is 14.5 Å². The molecule has 0 aliphatic carbocycles. The third-order valence-electron chi connectivity index (χ3n) is 3.72. The van der Waals surface area contributed by atoms with Gasteiger partial charge in [-0.2, -0.15) is 0 Å². The molecular weight excluding hydrogens is 307 g/mol. The second-order valence-electron chi connectivity index (χ2n) is 5.32. The molecule has 0 atom stereocenters. The number of hydrogen-bond acceptors (Lipinski definition) is 3. The van der Waals surface area contributed by atoms with Crippen molar-refractivity contribution in [2.45, 2.75) is 6.04 Å². The molecule has 0 radical (unpaired) electrons. The Kier molecular flexibility index (Phi) is 4.52. The van der Waals surface area contributed by atoms with E-state index in [1.165, 1.54) is 6.07 Å². The molecule has 0 unspecified atom stereocenters. The zero-order chi connectivity index (χ0) is 16.9. The van der Waals surface area contributed by atoms with E-state index in [4.69, 9.17) is 0 Å². The Morgan fingerprint density at radius 2 is 1.42 bits per heavy atom. The van der Waals surface area contributed by atoms with Crippen LogP contribution >= 0.6 is 0 Å². The largest absolute Gasteiger partial charge is 0.369 e. The van der Waals surface area contributed by atoms with Gasteiger partial charge in [-0.15, -0.1) is 0 Å². The monoisotopic (exact) mass is 322 g/mol. The Hall–Kier alpha value is -3.21. The first-order chi connectivity index (χ1) is 11.6. The molecule has 24 heavy (non-hydrogen) atoms. The highest BCUT2D eigenvalue weighted by molar-refractivity contribution is 5.63. The molecule has 0 fully saturated rings. The molecule has 4 nitrogen and oxygen atoms in total. The first kappa shape index (κ1) is 15.7. The van der Waals surface area contributed by atoms with Crippen molar-refractivity contribution >= 4 is 11.4 Å². The van der Waals surface area contributed by atoms with Gasteiger partial charge in [0.15, 0.2) is 0 Å². The van der Waals surface area contributed by atoms with Crippen LogP contribution in [0.2, 0.25) is 0 Å². The Morgan fingerprint density at radius 3 is 1.92 bits per heavy atom. The molecule has 0 saturated heterocycles. The summed E-state index contributed by atoms with van der Waals surface area (Å²) in [6.45, 7) is 0. The summed E-state index contributed by atoms with van der Waals surface area (Å²) in [5, 5.41) is 14.4. The van der Waals surface area contributed by atoms with Crippen molar-refractivity contribution in [3.63, 3.8) is 0 Å². The maximum absolute atomic E-state index is 13.6. The van der Waals surface area contributed by atoms with Crippen molar-refractivity contribution in [2.75, 3.05) is 5.32 Å². The molecule has 0 aromatic heterocycles. The van der Waals surface area contributed by atoms with E-state index < -0.39 is 10.7 Å². The average molecular weight is 322 g/mol. The van der Waals surface area contributed by atoms with Crippen LogP contribution in [0.25, 0.3) is 0 Å². The Labute approximate surface area is 138 Å². The van der Waals surface area contributed by atoms with Gasteiger partial charge in [-0.25, -0.2) is 4.39 Å². The van der Waals surface area contributed by atoms with Crippen LogP contribution in [0.15, 0.2) is 78.9 Å². The smallest absolute Gasteiger partial charge is 0.292 e. The number of benzene rings is 3. The summed E-state index contributed by atoms with van der Waals surface area (Å²) in [7, 11) is 0. The van der Waals surface area contributed by atoms with Gasteiger partial charge >= 0.3 is 0 Å². The molecule has 1 N–H and O–H groups in total. The van der Waals surface area contributed by atoms with E-state index in [-0.39, 0.29) is 17.4 Å². The molecular formula is C19H15FN2O2. The molecule has 5 heteroatoms. The summed E-state index contributed by atoms with van der Waals surface area (Å²) in [5.41, 5.74) is 1.86.